The normalized spacial score (nSPS) is 14.4. The van der Waals surface area contributed by atoms with Gasteiger partial charge in [0.2, 0.25) is 0 Å². The predicted octanol–water partition coefficient (Wildman–Crippen LogP) is 7.47. The molecule has 9 nitrogen and oxygen atoms in total. The summed E-state index contributed by atoms with van der Waals surface area (Å²) in [4.78, 5) is 32.8. The minimum absolute atomic E-state index is 0.160. The molecule has 5 rings (SSSR count). The zero-order valence-corrected chi connectivity index (χ0v) is 32.6. The third-order valence-electron chi connectivity index (χ3n) is 7.33. The Balaban J connectivity index is 1.62. The van der Waals surface area contributed by atoms with Gasteiger partial charge in [0.05, 0.1) is 52.8 Å². The summed E-state index contributed by atoms with van der Waals surface area (Å²) in [7, 11) is 3.08. The molecule has 0 fully saturated rings. The van der Waals surface area contributed by atoms with Gasteiger partial charge in [0.1, 0.15) is 6.61 Å². The molecule has 1 aromatic heterocycles. The molecule has 0 saturated heterocycles. The number of carbonyl (C=O) groups excluding carboxylic acids is 1. The number of aromatic nitrogens is 1. The molecule has 1 atom stereocenters. The molecule has 48 heavy (non-hydrogen) atoms. The van der Waals surface area contributed by atoms with E-state index >= 15 is 0 Å². The number of fused-ring (bicyclic) bond motifs is 1. The van der Waals surface area contributed by atoms with Crippen LogP contribution in [0.25, 0.3) is 6.08 Å². The summed E-state index contributed by atoms with van der Waals surface area (Å²) in [5.74, 6) is 1.43. The summed E-state index contributed by atoms with van der Waals surface area (Å²) in [6.07, 6.45) is 1.77. The Morgan fingerprint density at radius 3 is 2.46 bits per heavy atom. The summed E-state index contributed by atoms with van der Waals surface area (Å²) in [6, 6.07) is 11.6. The van der Waals surface area contributed by atoms with Gasteiger partial charge in [0, 0.05) is 20.1 Å². The fourth-order valence-electron chi connectivity index (χ4n) is 5.18. The third-order valence-corrected chi connectivity index (χ3v) is 10.4. The Kier molecular flexibility index (Phi) is 11.8. The Morgan fingerprint density at radius 1 is 1.04 bits per heavy atom. The molecule has 0 unspecified atom stereocenters. The number of esters is 1. The highest BCUT2D eigenvalue weighted by molar-refractivity contribution is 14.1. The number of carbonyl (C=O) groups is 1. The molecule has 2 heterocycles. The second-order valence-corrected chi connectivity index (χ2v) is 14.2. The summed E-state index contributed by atoms with van der Waals surface area (Å²) < 4.78 is 31.9. The fraction of sp³-hybridized carbons (Fsp3) is 0.265. The number of thiazole rings is 1. The van der Waals surface area contributed by atoms with Gasteiger partial charge < -0.3 is 23.7 Å². The number of nitrogens with zero attached hydrogens (tertiary/aromatic N) is 2. The monoisotopic (exact) mass is 886 g/mol. The average molecular weight is 888 g/mol. The Labute approximate surface area is 313 Å². The van der Waals surface area contributed by atoms with Crippen molar-refractivity contribution in [3.05, 3.63) is 108 Å². The topological polar surface area (TPSA) is 97.6 Å². The van der Waals surface area contributed by atoms with Gasteiger partial charge in [-0.15, -0.1) is 0 Å². The number of benzene rings is 3. The van der Waals surface area contributed by atoms with E-state index in [0.717, 1.165) is 9.13 Å². The van der Waals surface area contributed by atoms with E-state index in [0.29, 0.717) is 70.3 Å². The van der Waals surface area contributed by atoms with Crippen molar-refractivity contribution in [3.8, 4) is 23.0 Å². The standard InChI is InChI=1S/C34H30BrCl2IN2O7S/c1-6-45-26-15-22(35)21(14-25(26)43-4)30-29(33(42)46-7-2)17(3)39-34-40(30)32(41)28(48-34)12-18-10-24(38)31(27(11-18)44-5)47-16-19-8-9-20(36)13-23(19)37/h8-15,30H,6-7,16H2,1-5H3/b28-12+/t30-/m0/s1. The van der Waals surface area contributed by atoms with E-state index in [9.17, 15) is 9.59 Å². The van der Waals surface area contributed by atoms with E-state index in [1.165, 1.54) is 23.0 Å². The van der Waals surface area contributed by atoms with Gasteiger partial charge in [0.25, 0.3) is 5.56 Å². The van der Waals surface area contributed by atoms with E-state index in [-0.39, 0.29) is 24.3 Å². The van der Waals surface area contributed by atoms with Crippen LogP contribution in [0.5, 0.6) is 23.0 Å². The second-order valence-electron chi connectivity index (χ2n) is 10.3. The van der Waals surface area contributed by atoms with Crippen LogP contribution in [-0.2, 0) is 16.1 Å². The first-order valence-electron chi connectivity index (χ1n) is 14.6. The quantitative estimate of drug-likeness (QED) is 0.114. The molecule has 0 N–H and O–H groups in total. The van der Waals surface area contributed by atoms with Gasteiger partial charge in [-0.25, -0.2) is 9.79 Å². The molecule has 252 valence electrons. The van der Waals surface area contributed by atoms with Crippen LogP contribution >= 0.6 is 73.1 Å². The number of hydrogen-bond acceptors (Lipinski definition) is 9. The van der Waals surface area contributed by atoms with Crippen LogP contribution in [0.15, 0.2) is 68.0 Å². The molecule has 0 bridgehead atoms. The molecule has 14 heteroatoms. The van der Waals surface area contributed by atoms with Gasteiger partial charge in [-0.3, -0.25) is 9.36 Å². The van der Waals surface area contributed by atoms with E-state index in [4.69, 9.17) is 46.9 Å². The lowest BCUT2D eigenvalue weighted by Crippen LogP contribution is -2.40. The Hall–Kier alpha value is -3.04. The number of rotatable bonds is 11. The molecule has 4 aromatic rings. The van der Waals surface area contributed by atoms with Crippen molar-refractivity contribution < 1.29 is 28.5 Å². The molecular weight excluding hydrogens is 858 g/mol. The molecule has 3 aromatic carbocycles. The molecule has 0 radical (unpaired) electrons. The van der Waals surface area contributed by atoms with Crippen LogP contribution in [0.2, 0.25) is 10.0 Å². The minimum atomic E-state index is -0.855. The Bertz CT molecular complexity index is 2120. The predicted molar refractivity (Wildman–Crippen MR) is 199 cm³/mol. The molecule has 1 aliphatic rings. The van der Waals surface area contributed by atoms with Crippen molar-refractivity contribution in [3.63, 3.8) is 0 Å². The van der Waals surface area contributed by atoms with Crippen molar-refractivity contribution in [2.45, 2.75) is 33.4 Å². The molecule has 0 amide bonds. The van der Waals surface area contributed by atoms with Crippen LogP contribution in [0, 0.1) is 3.57 Å². The molecule has 0 aliphatic carbocycles. The van der Waals surface area contributed by atoms with Gasteiger partial charge >= 0.3 is 5.97 Å². The lowest BCUT2D eigenvalue weighted by Gasteiger charge is -2.26. The lowest BCUT2D eigenvalue weighted by atomic mass is 9.95. The summed E-state index contributed by atoms with van der Waals surface area (Å²) in [6.45, 7) is 6.13. The second kappa shape index (κ2) is 15.7. The number of hydrogen-bond donors (Lipinski definition) is 0. The first-order valence-corrected chi connectivity index (χ1v) is 18.1. The van der Waals surface area contributed by atoms with E-state index in [1.54, 1.807) is 57.4 Å². The molecule has 0 saturated carbocycles. The summed E-state index contributed by atoms with van der Waals surface area (Å²) >= 11 is 19.4. The minimum Gasteiger partial charge on any atom is -0.493 e. The van der Waals surface area contributed by atoms with Crippen molar-refractivity contribution in [2.75, 3.05) is 27.4 Å². The SMILES string of the molecule is CCOC(=O)C1=C(C)N=c2s/c(=C/c3cc(I)c(OCc4ccc(Cl)cc4Cl)c(OC)c3)c(=O)n2[C@H]1c1cc(OC)c(OCC)cc1Br. The van der Waals surface area contributed by atoms with Crippen LogP contribution in [-0.4, -0.2) is 38.0 Å². The van der Waals surface area contributed by atoms with Crippen LogP contribution in [0.1, 0.15) is 43.5 Å². The average Bonchev–Trinajstić information content (AvgIpc) is 3.34. The van der Waals surface area contributed by atoms with Crippen molar-refractivity contribution >= 4 is 85.1 Å². The highest BCUT2D eigenvalue weighted by Crippen LogP contribution is 2.41. The van der Waals surface area contributed by atoms with Crippen LogP contribution in [0.4, 0.5) is 0 Å². The maximum absolute atomic E-state index is 14.2. The molecular formula is C34H30BrCl2IN2O7S. The lowest BCUT2D eigenvalue weighted by molar-refractivity contribution is -0.139. The van der Waals surface area contributed by atoms with Crippen molar-refractivity contribution in [1.29, 1.82) is 0 Å². The first-order chi connectivity index (χ1) is 23.0. The number of methoxy groups -OCH3 is 2. The van der Waals surface area contributed by atoms with Crippen LogP contribution in [0.3, 0.4) is 0 Å². The highest BCUT2D eigenvalue weighted by Gasteiger charge is 2.35. The first kappa shape index (κ1) is 36.2. The number of ether oxygens (including phenoxy) is 5. The molecule has 0 spiro atoms. The zero-order chi connectivity index (χ0) is 34.7. The van der Waals surface area contributed by atoms with Gasteiger partial charge in [-0.2, -0.15) is 0 Å². The summed E-state index contributed by atoms with van der Waals surface area (Å²) in [5, 5.41) is 1.04. The van der Waals surface area contributed by atoms with Crippen molar-refractivity contribution in [1.82, 2.24) is 4.57 Å². The smallest absolute Gasteiger partial charge is 0.338 e. The van der Waals surface area contributed by atoms with Crippen LogP contribution < -0.4 is 33.8 Å². The molecule has 1 aliphatic heterocycles. The van der Waals surface area contributed by atoms with E-state index < -0.39 is 12.0 Å². The highest BCUT2D eigenvalue weighted by atomic mass is 127. The van der Waals surface area contributed by atoms with E-state index in [1.807, 2.05) is 19.1 Å². The Morgan fingerprint density at radius 2 is 1.79 bits per heavy atom. The zero-order valence-electron chi connectivity index (χ0n) is 26.5. The van der Waals surface area contributed by atoms with Crippen molar-refractivity contribution in [2.24, 2.45) is 4.99 Å². The maximum atomic E-state index is 14.2. The number of allylic oxidation sites excluding steroid dienone is 1. The largest absolute Gasteiger partial charge is 0.493 e. The van der Waals surface area contributed by atoms with Gasteiger partial charge in [0.15, 0.2) is 27.8 Å². The van der Waals surface area contributed by atoms with E-state index in [2.05, 4.69) is 43.5 Å². The third kappa shape index (κ3) is 7.42. The fourth-order valence-corrected chi connectivity index (χ4v) is 8.01. The van der Waals surface area contributed by atoms with Gasteiger partial charge in [-0.05, 0) is 97.0 Å². The maximum Gasteiger partial charge on any atom is 0.338 e. The van der Waals surface area contributed by atoms with Gasteiger partial charge in [-0.1, -0.05) is 56.5 Å². The number of halogens is 4. The summed E-state index contributed by atoms with van der Waals surface area (Å²) in [5.41, 5.74) is 2.46.